The van der Waals surface area contributed by atoms with Crippen LogP contribution in [0.5, 0.6) is 0 Å². The molecule has 0 aliphatic carbocycles. The van der Waals surface area contributed by atoms with Crippen molar-refractivity contribution >= 4 is 5.95 Å². The van der Waals surface area contributed by atoms with E-state index >= 15 is 0 Å². The molecular weight excluding hydrogens is 405 g/mol. The minimum atomic E-state index is -0.639. The highest BCUT2D eigenvalue weighted by atomic mass is 19.1. The van der Waals surface area contributed by atoms with Crippen LogP contribution in [0.4, 0.5) is 10.3 Å². The van der Waals surface area contributed by atoms with Gasteiger partial charge in [-0.1, -0.05) is 32.9 Å². The zero-order valence-corrected chi connectivity index (χ0v) is 18.0. The van der Waals surface area contributed by atoms with Crippen molar-refractivity contribution in [3.63, 3.8) is 0 Å². The Morgan fingerprint density at radius 3 is 2.56 bits per heavy atom. The molecule has 1 aromatic carbocycles. The SMILES string of the molecule is CC(C)(C)c1cccc(Cn2cc(-c3cc(-c4cccc(C#N)c4F)nc(N)n3)cn2)n1. The maximum Gasteiger partial charge on any atom is 0.221 e. The fourth-order valence-electron chi connectivity index (χ4n) is 3.30. The second-order valence-corrected chi connectivity index (χ2v) is 8.47. The Kier molecular flexibility index (Phi) is 5.41. The molecule has 160 valence electrons. The van der Waals surface area contributed by atoms with Gasteiger partial charge in [-0.2, -0.15) is 10.4 Å². The van der Waals surface area contributed by atoms with Gasteiger partial charge in [0, 0.05) is 28.4 Å². The van der Waals surface area contributed by atoms with Crippen LogP contribution in [-0.2, 0) is 12.0 Å². The fraction of sp³-hybridized carbons (Fsp3) is 0.208. The molecule has 3 aromatic heterocycles. The van der Waals surface area contributed by atoms with Gasteiger partial charge in [-0.05, 0) is 30.3 Å². The standard InChI is InChI=1S/C24H22FN7/c1-24(2,3)21-9-5-7-17(29-21)14-32-13-16(12-28-32)19-10-20(31-23(27)30-19)18-8-4-6-15(11-26)22(18)25/h4-10,12-13H,14H2,1-3H3,(H2,27,30,31). The molecular formula is C24H22FN7. The predicted molar refractivity (Wildman–Crippen MR) is 120 cm³/mol. The maximum atomic E-state index is 14.6. The summed E-state index contributed by atoms with van der Waals surface area (Å²) in [5, 5.41) is 13.5. The van der Waals surface area contributed by atoms with Crippen LogP contribution in [0.2, 0.25) is 0 Å². The third-order valence-corrected chi connectivity index (χ3v) is 4.97. The fourth-order valence-corrected chi connectivity index (χ4v) is 3.30. The van der Waals surface area contributed by atoms with Crippen molar-refractivity contribution in [3.05, 3.63) is 77.6 Å². The topological polar surface area (TPSA) is 106 Å². The molecule has 0 saturated heterocycles. The summed E-state index contributed by atoms with van der Waals surface area (Å²) in [5.41, 5.74) is 9.41. The number of nitrogens with two attached hydrogens (primary N) is 1. The van der Waals surface area contributed by atoms with Gasteiger partial charge in [-0.3, -0.25) is 9.67 Å². The normalized spacial score (nSPS) is 11.3. The lowest BCUT2D eigenvalue weighted by Crippen LogP contribution is -2.15. The van der Waals surface area contributed by atoms with Crippen molar-refractivity contribution < 1.29 is 4.39 Å². The Balaban J connectivity index is 1.65. The average Bonchev–Trinajstić information content (AvgIpc) is 3.21. The second-order valence-electron chi connectivity index (χ2n) is 8.47. The summed E-state index contributed by atoms with van der Waals surface area (Å²) in [6, 6.07) is 14.0. The molecule has 0 saturated carbocycles. The van der Waals surface area contributed by atoms with Crippen LogP contribution in [0.1, 0.15) is 37.7 Å². The summed E-state index contributed by atoms with van der Waals surface area (Å²) in [4.78, 5) is 13.2. The molecule has 4 rings (SSSR count). The summed E-state index contributed by atoms with van der Waals surface area (Å²) < 4.78 is 16.4. The molecule has 7 nitrogen and oxygen atoms in total. The number of aromatic nitrogens is 5. The van der Waals surface area contributed by atoms with E-state index in [0.29, 0.717) is 23.5 Å². The summed E-state index contributed by atoms with van der Waals surface area (Å²) in [5.74, 6) is -0.633. The zero-order valence-electron chi connectivity index (χ0n) is 18.0. The zero-order chi connectivity index (χ0) is 22.9. The number of anilines is 1. The van der Waals surface area contributed by atoms with Crippen molar-refractivity contribution in [3.8, 4) is 28.6 Å². The quantitative estimate of drug-likeness (QED) is 0.519. The van der Waals surface area contributed by atoms with Crippen LogP contribution >= 0.6 is 0 Å². The molecule has 0 amide bonds. The molecule has 32 heavy (non-hydrogen) atoms. The maximum absolute atomic E-state index is 14.6. The first-order valence-electron chi connectivity index (χ1n) is 10.1. The van der Waals surface area contributed by atoms with E-state index in [1.165, 1.54) is 6.07 Å². The highest BCUT2D eigenvalue weighted by Crippen LogP contribution is 2.27. The van der Waals surface area contributed by atoms with Crippen LogP contribution in [0.15, 0.2) is 54.9 Å². The second kappa shape index (κ2) is 8.19. The number of pyridine rings is 1. The summed E-state index contributed by atoms with van der Waals surface area (Å²) in [7, 11) is 0. The molecule has 2 N–H and O–H groups in total. The van der Waals surface area contributed by atoms with Gasteiger partial charge in [-0.15, -0.1) is 0 Å². The molecule has 0 fully saturated rings. The predicted octanol–water partition coefficient (Wildman–Crippen LogP) is 4.34. The molecule has 4 aromatic rings. The van der Waals surface area contributed by atoms with E-state index in [1.54, 1.807) is 29.1 Å². The number of hydrogen-bond acceptors (Lipinski definition) is 6. The molecule has 0 bridgehead atoms. The minimum Gasteiger partial charge on any atom is -0.368 e. The third kappa shape index (κ3) is 4.32. The molecule has 0 aliphatic rings. The van der Waals surface area contributed by atoms with Gasteiger partial charge in [0.05, 0.1) is 35.4 Å². The summed E-state index contributed by atoms with van der Waals surface area (Å²) in [6.07, 6.45) is 3.50. The number of halogens is 1. The molecule has 0 unspecified atom stereocenters. The summed E-state index contributed by atoms with van der Waals surface area (Å²) >= 11 is 0. The lowest BCUT2D eigenvalue weighted by Gasteiger charge is -2.18. The van der Waals surface area contributed by atoms with Crippen LogP contribution < -0.4 is 5.73 Å². The lowest BCUT2D eigenvalue weighted by atomic mass is 9.91. The van der Waals surface area contributed by atoms with Crippen molar-refractivity contribution in [2.75, 3.05) is 5.73 Å². The molecule has 0 aliphatic heterocycles. The molecule has 3 heterocycles. The van der Waals surface area contributed by atoms with Crippen LogP contribution in [0.25, 0.3) is 22.5 Å². The highest BCUT2D eigenvalue weighted by Gasteiger charge is 2.16. The van der Waals surface area contributed by atoms with E-state index in [4.69, 9.17) is 16.0 Å². The summed E-state index contributed by atoms with van der Waals surface area (Å²) in [6.45, 7) is 6.86. The Bertz CT molecular complexity index is 1330. The average molecular weight is 427 g/mol. The largest absolute Gasteiger partial charge is 0.368 e. The van der Waals surface area contributed by atoms with E-state index in [0.717, 1.165) is 11.4 Å². The Labute approximate surface area is 185 Å². The van der Waals surface area contributed by atoms with Gasteiger partial charge in [-0.25, -0.2) is 14.4 Å². The van der Waals surface area contributed by atoms with Crippen LogP contribution in [0.3, 0.4) is 0 Å². The van der Waals surface area contributed by atoms with E-state index in [2.05, 4.69) is 35.8 Å². The molecule has 8 heteroatoms. The monoisotopic (exact) mass is 427 g/mol. The van der Waals surface area contributed by atoms with Crippen LogP contribution in [-0.4, -0.2) is 24.7 Å². The van der Waals surface area contributed by atoms with E-state index < -0.39 is 5.82 Å². The van der Waals surface area contributed by atoms with E-state index in [1.807, 2.05) is 30.5 Å². The highest BCUT2D eigenvalue weighted by molar-refractivity contribution is 5.70. The van der Waals surface area contributed by atoms with Gasteiger partial charge >= 0.3 is 0 Å². The van der Waals surface area contributed by atoms with E-state index in [9.17, 15) is 4.39 Å². The number of nitrogen functional groups attached to an aromatic ring is 1. The van der Waals surface area contributed by atoms with Gasteiger partial charge in [0.1, 0.15) is 11.9 Å². The Hall–Kier alpha value is -4.12. The van der Waals surface area contributed by atoms with Crippen molar-refractivity contribution in [1.82, 2.24) is 24.7 Å². The van der Waals surface area contributed by atoms with Crippen molar-refractivity contribution in [2.24, 2.45) is 0 Å². The number of hydrogen-bond donors (Lipinski definition) is 1. The first kappa shape index (κ1) is 21.1. The Morgan fingerprint density at radius 2 is 1.81 bits per heavy atom. The van der Waals surface area contributed by atoms with Gasteiger partial charge in [0.2, 0.25) is 5.95 Å². The van der Waals surface area contributed by atoms with E-state index in [-0.39, 0.29) is 22.5 Å². The smallest absolute Gasteiger partial charge is 0.221 e. The molecule has 0 radical (unpaired) electrons. The lowest BCUT2D eigenvalue weighted by molar-refractivity contribution is 0.560. The number of nitrogens with zero attached hydrogens (tertiary/aromatic N) is 6. The van der Waals surface area contributed by atoms with Gasteiger partial charge in [0.15, 0.2) is 0 Å². The Morgan fingerprint density at radius 1 is 1.06 bits per heavy atom. The molecule has 0 atom stereocenters. The van der Waals surface area contributed by atoms with Crippen molar-refractivity contribution in [2.45, 2.75) is 32.7 Å². The minimum absolute atomic E-state index is 0.00607. The van der Waals surface area contributed by atoms with Gasteiger partial charge < -0.3 is 5.73 Å². The number of benzene rings is 1. The van der Waals surface area contributed by atoms with Gasteiger partial charge in [0.25, 0.3) is 0 Å². The third-order valence-electron chi connectivity index (χ3n) is 4.97. The van der Waals surface area contributed by atoms with Crippen molar-refractivity contribution in [1.29, 1.82) is 5.26 Å². The van der Waals surface area contributed by atoms with Crippen LogP contribution in [0, 0.1) is 17.1 Å². The first-order valence-corrected chi connectivity index (χ1v) is 10.1. The number of nitriles is 1. The molecule has 0 spiro atoms. The first-order chi connectivity index (χ1) is 15.2. The number of rotatable bonds is 4.